The molecule has 0 saturated carbocycles. The molecule has 0 unspecified atom stereocenters. The van der Waals surface area contributed by atoms with E-state index in [2.05, 4.69) is 5.32 Å². The number of nitrogens with zero attached hydrogens (tertiary/aromatic N) is 2. The maximum Gasteiger partial charge on any atom is 0.273 e. The van der Waals surface area contributed by atoms with E-state index in [-0.39, 0.29) is 24.2 Å². The molecular formula is C17H21N3O4. The van der Waals surface area contributed by atoms with Crippen LogP contribution in [0.3, 0.4) is 0 Å². The molecule has 0 radical (unpaired) electrons. The standard InChI is InChI=1S/C17H21N3O4/c1-3-19(11-14-7-4-5-8-15(14)20(22)23)12-17(21)18-13(2)16-9-6-10-24-16/h4-10,13H,3,11-12H2,1-2H3,(H,18,21)/t13-/m0/s1. The lowest BCUT2D eigenvalue weighted by atomic mass is 10.1. The first kappa shape index (κ1) is 17.7. The molecule has 0 aliphatic rings. The summed E-state index contributed by atoms with van der Waals surface area (Å²) >= 11 is 0. The van der Waals surface area contributed by atoms with Crippen molar-refractivity contribution >= 4 is 11.6 Å². The second kappa shape index (κ2) is 8.26. The van der Waals surface area contributed by atoms with Gasteiger partial charge in [0.15, 0.2) is 0 Å². The van der Waals surface area contributed by atoms with Gasteiger partial charge in [-0.25, -0.2) is 0 Å². The van der Waals surface area contributed by atoms with Crippen LogP contribution in [0, 0.1) is 10.1 Å². The highest BCUT2D eigenvalue weighted by Gasteiger charge is 2.18. The fourth-order valence-corrected chi connectivity index (χ4v) is 2.44. The van der Waals surface area contributed by atoms with Crippen molar-refractivity contribution in [3.63, 3.8) is 0 Å². The normalized spacial score (nSPS) is 12.1. The molecule has 0 aliphatic heterocycles. The van der Waals surface area contributed by atoms with Gasteiger partial charge in [-0.3, -0.25) is 19.8 Å². The van der Waals surface area contributed by atoms with Gasteiger partial charge in [0.25, 0.3) is 5.69 Å². The monoisotopic (exact) mass is 331 g/mol. The number of rotatable bonds is 8. The summed E-state index contributed by atoms with van der Waals surface area (Å²) in [6.45, 7) is 4.87. The molecule has 1 aromatic carbocycles. The summed E-state index contributed by atoms with van der Waals surface area (Å²) in [5.74, 6) is 0.532. The van der Waals surface area contributed by atoms with Crippen LogP contribution in [0.2, 0.25) is 0 Å². The minimum Gasteiger partial charge on any atom is -0.467 e. The second-order valence-corrected chi connectivity index (χ2v) is 5.49. The first-order valence-corrected chi connectivity index (χ1v) is 7.78. The average molecular weight is 331 g/mol. The van der Waals surface area contributed by atoms with Gasteiger partial charge in [0.2, 0.25) is 5.91 Å². The van der Waals surface area contributed by atoms with Crippen LogP contribution in [0.25, 0.3) is 0 Å². The van der Waals surface area contributed by atoms with Gasteiger partial charge >= 0.3 is 0 Å². The Labute approximate surface area is 140 Å². The Balaban J connectivity index is 1.97. The summed E-state index contributed by atoms with van der Waals surface area (Å²) in [5, 5.41) is 13.9. The molecule has 128 valence electrons. The van der Waals surface area contributed by atoms with Gasteiger partial charge in [0.05, 0.1) is 23.8 Å². The van der Waals surface area contributed by atoms with E-state index in [0.29, 0.717) is 24.4 Å². The molecule has 7 nitrogen and oxygen atoms in total. The predicted molar refractivity (Wildman–Crippen MR) is 89.3 cm³/mol. The van der Waals surface area contributed by atoms with Crippen LogP contribution in [-0.2, 0) is 11.3 Å². The van der Waals surface area contributed by atoms with E-state index in [0.717, 1.165) is 0 Å². The molecule has 0 fully saturated rings. The summed E-state index contributed by atoms with van der Waals surface area (Å²) < 4.78 is 5.26. The molecule has 24 heavy (non-hydrogen) atoms. The minimum absolute atomic E-state index is 0.0697. The number of hydrogen-bond donors (Lipinski definition) is 1. The summed E-state index contributed by atoms with van der Waals surface area (Å²) in [4.78, 5) is 24.7. The smallest absolute Gasteiger partial charge is 0.273 e. The zero-order chi connectivity index (χ0) is 17.5. The van der Waals surface area contributed by atoms with Crippen LogP contribution in [-0.4, -0.2) is 28.8 Å². The number of benzene rings is 1. The van der Waals surface area contributed by atoms with E-state index in [1.165, 1.54) is 6.07 Å². The number of amides is 1. The Kier molecular flexibility index (Phi) is 6.08. The number of nitro benzene ring substituents is 1. The Hall–Kier alpha value is -2.67. The maximum atomic E-state index is 12.2. The van der Waals surface area contributed by atoms with Gasteiger partial charge in [-0.05, 0) is 25.6 Å². The van der Waals surface area contributed by atoms with Crippen molar-refractivity contribution in [1.29, 1.82) is 0 Å². The number of hydrogen-bond acceptors (Lipinski definition) is 5. The Morgan fingerprint density at radius 2 is 2.08 bits per heavy atom. The first-order chi connectivity index (χ1) is 11.5. The topological polar surface area (TPSA) is 88.6 Å². The number of para-hydroxylation sites is 1. The van der Waals surface area contributed by atoms with Crippen LogP contribution in [0.15, 0.2) is 47.1 Å². The van der Waals surface area contributed by atoms with Gasteiger partial charge in [-0.1, -0.05) is 25.1 Å². The van der Waals surface area contributed by atoms with Crippen LogP contribution in [0.5, 0.6) is 0 Å². The highest BCUT2D eigenvalue weighted by atomic mass is 16.6. The third kappa shape index (κ3) is 4.66. The number of likely N-dealkylation sites (N-methyl/N-ethyl adjacent to an activating group) is 1. The Morgan fingerprint density at radius 3 is 2.71 bits per heavy atom. The SMILES string of the molecule is CCN(CC(=O)N[C@@H](C)c1ccco1)Cc1ccccc1[N+](=O)[O-]. The third-order valence-corrected chi connectivity index (χ3v) is 3.74. The zero-order valence-corrected chi connectivity index (χ0v) is 13.8. The van der Waals surface area contributed by atoms with E-state index in [9.17, 15) is 14.9 Å². The van der Waals surface area contributed by atoms with E-state index in [1.54, 1.807) is 36.6 Å². The molecule has 7 heteroatoms. The zero-order valence-electron chi connectivity index (χ0n) is 13.8. The highest BCUT2D eigenvalue weighted by molar-refractivity contribution is 5.78. The van der Waals surface area contributed by atoms with Crippen molar-refractivity contribution in [3.05, 3.63) is 64.1 Å². The highest BCUT2D eigenvalue weighted by Crippen LogP contribution is 2.19. The average Bonchev–Trinajstić information content (AvgIpc) is 3.09. The summed E-state index contributed by atoms with van der Waals surface area (Å²) in [6.07, 6.45) is 1.56. The lowest BCUT2D eigenvalue weighted by molar-refractivity contribution is -0.385. The molecule has 1 atom stereocenters. The molecule has 2 rings (SSSR count). The summed E-state index contributed by atoms with van der Waals surface area (Å²) in [5.41, 5.74) is 0.663. The van der Waals surface area contributed by atoms with Crippen LogP contribution in [0.1, 0.15) is 31.2 Å². The van der Waals surface area contributed by atoms with E-state index >= 15 is 0 Å². The molecule has 1 heterocycles. The number of furan rings is 1. The number of nitrogens with one attached hydrogen (secondary N) is 1. The van der Waals surface area contributed by atoms with Crippen LogP contribution < -0.4 is 5.32 Å². The molecule has 0 bridgehead atoms. The lowest BCUT2D eigenvalue weighted by Crippen LogP contribution is -2.38. The van der Waals surface area contributed by atoms with E-state index < -0.39 is 4.92 Å². The van der Waals surface area contributed by atoms with Gasteiger partial charge in [0, 0.05) is 18.2 Å². The fourth-order valence-electron chi connectivity index (χ4n) is 2.44. The number of carbonyl (C=O) groups excluding carboxylic acids is 1. The number of nitro groups is 1. The molecule has 1 N–H and O–H groups in total. The van der Waals surface area contributed by atoms with Gasteiger partial charge in [-0.2, -0.15) is 0 Å². The molecule has 1 amide bonds. The predicted octanol–water partition coefficient (Wildman–Crippen LogP) is 2.89. The van der Waals surface area contributed by atoms with E-state index in [1.807, 2.05) is 18.7 Å². The molecule has 0 saturated heterocycles. The van der Waals surface area contributed by atoms with Crippen molar-refractivity contribution in [2.45, 2.75) is 26.4 Å². The maximum absolute atomic E-state index is 12.2. The van der Waals surface area contributed by atoms with Crippen molar-refractivity contribution in [2.75, 3.05) is 13.1 Å². The van der Waals surface area contributed by atoms with Crippen molar-refractivity contribution in [2.24, 2.45) is 0 Å². The molecule has 2 aromatic rings. The molecule has 0 aliphatic carbocycles. The second-order valence-electron chi connectivity index (χ2n) is 5.49. The first-order valence-electron chi connectivity index (χ1n) is 7.78. The number of carbonyl (C=O) groups is 1. The third-order valence-electron chi connectivity index (χ3n) is 3.74. The summed E-state index contributed by atoms with van der Waals surface area (Å²) in [7, 11) is 0. The lowest BCUT2D eigenvalue weighted by Gasteiger charge is -2.21. The summed E-state index contributed by atoms with van der Waals surface area (Å²) in [6, 6.07) is 9.93. The van der Waals surface area contributed by atoms with Gasteiger partial charge in [0.1, 0.15) is 5.76 Å². The largest absolute Gasteiger partial charge is 0.467 e. The molecule has 0 spiro atoms. The minimum atomic E-state index is -0.401. The van der Waals surface area contributed by atoms with Crippen molar-refractivity contribution in [1.82, 2.24) is 10.2 Å². The Morgan fingerprint density at radius 1 is 1.33 bits per heavy atom. The van der Waals surface area contributed by atoms with Gasteiger partial charge in [-0.15, -0.1) is 0 Å². The van der Waals surface area contributed by atoms with Crippen LogP contribution in [0.4, 0.5) is 5.69 Å². The van der Waals surface area contributed by atoms with E-state index in [4.69, 9.17) is 4.42 Å². The van der Waals surface area contributed by atoms with Gasteiger partial charge < -0.3 is 9.73 Å². The van der Waals surface area contributed by atoms with Crippen molar-refractivity contribution in [3.8, 4) is 0 Å². The Bertz CT molecular complexity index is 685. The quantitative estimate of drug-likeness (QED) is 0.593. The fraction of sp³-hybridized carbons (Fsp3) is 0.353. The molecule has 1 aromatic heterocycles. The van der Waals surface area contributed by atoms with Crippen LogP contribution >= 0.6 is 0 Å². The van der Waals surface area contributed by atoms with Crippen molar-refractivity contribution < 1.29 is 14.1 Å². The molecular weight excluding hydrogens is 310 g/mol.